The molecular weight excluding hydrogens is 206 g/mol. The number of hydrogen-bond donors (Lipinski definition) is 2. The van der Waals surface area contributed by atoms with Gasteiger partial charge < -0.3 is 10.2 Å². The van der Waals surface area contributed by atoms with Gasteiger partial charge in [0.25, 0.3) is 0 Å². The molecule has 16 heavy (non-hydrogen) atoms. The van der Waals surface area contributed by atoms with Crippen molar-refractivity contribution in [2.75, 3.05) is 5.43 Å². The van der Waals surface area contributed by atoms with Gasteiger partial charge in [-0.25, -0.2) is 10.8 Å². The minimum atomic E-state index is 0.556. The fraction of sp³-hybridized carbons (Fsp3) is 0.200. The largest absolute Gasteiger partial charge is 0.454 e. The average Bonchev–Trinajstić information content (AvgIpc) is 2.77. The zero-order valence-electron chi connectivity index (χ0n) is 8.92. The van der Waals surface area contributed by atoms with Crippen molar-refractivity contribution in [2.24, 2.45) is 5.84 Å². The van der Waals surface area contributed by atoms with Crippen molar-refractivity contribution in [3.05, 3.63) is 30.7 Å². The highest BCUT2D eigenvalue weighted by atomic mass is 16.5. The summed E-state index contributed by atoms with van der Waals surface area (Å²) in [6.45, 7) is 2.83. The van der Waals surface area contributed by atoms with Crippen LogP contribution >= 0.6 is 0 Å². The minimum Gasteiger partial charge on any atom is -0.454 e. The van der Waals surface area contributed by atoms with Gasteiger partial charge in [0.15, 0.2) is 5.75 Å². The van der Waals surface area contributed by atoms with E-state index in [2.05, 4.69) is 15.5 Å². The third kappa shape index (κ3) is 2.29. The van der Waals surface area contributed by atoms with Crippen LogP contribution in [0.2, 0.25) is 0 Å². The summed E-state index contributed by atoms with van der Waals surface area (Å²) in [4.78, 5) is 3.98. The number of nitrogens with two attached hydrogens (primary N) is 1. The molecule has 2 heterocycles. The van der Waals surface area contributed by atoms with Crippen LogP contribution in [0, 0.1) is 0 Å². The molecule has 0 fully saturated rings. The maximum atomic E-state index is 5.58. The molecule has 0 aromatic carbocycles. The lowest BCUT2D eigenvalue weighted by Gasteiger charge is -2.04. The van der Waals surface area contributed by atoms with Crippen LogP contribution in [0.15, 0.2) is 30.7 Å². The van der Waals surface area contributed by atoms with E-state index in [9.17, 15) is 0 Å². The first-order chi connectivity index (χ1) is 7.81. The van der Waals surface area contributed by atoms with E-state index in [1.807, 2.05) is 13.1 Å². The van der Waals surface area contributed by atoms with Crippen molar-refractivity contribution in [3.63, 3.8) is 0 Å². The predicted molar refractivity (Wildman–Crippen MR) is 60.0 cm³/mol. The molecule has 0 aliphatic carbocycles. The second-order valence-corrected chi connectivity index (χ2v) is 3.15. The lowest BCUT2D eigenvalue weighted by atomic mass is 10.4. The Morgan fingerprint density at radius 1 is 1.50 bits per heavy atom. The molecule has 6 nitrogen and oxygen atoms in total. The molecule has 2 aromatic heterocycles. The quantitative estimate of drug-likeness (QED) is 0.600. The molecule has 2 rings (SSSR count). The van der Waals surface area contributed by atoms with E-state index in [4.69, 9.17) is 10.6 Å². The molecule has 6 heteroatoms. The van der Waals surface area contributed by atoms with Gasteiger partial charge in [-0.3, -0.25) is 4.68 Å². The maximum absolute atomic E-state index is 5.58. The summed E-state index contributed by atoms with van der Waals surface area (Å²) >= 11 is 0. The Labute approximate surface area is 93.0 Å². The second-order valence-electron chi connectivity index (χ2n) is 3.15. The zero-order valence-corrected chi connectivity index (χ0v) is 8.92. The summed E-state index contributed by atoms with van der Waals surface area (Å²) in [5.74, 6) is 7.17. The minimum absolute atomic E-state index is 0.556. The van der Waals surface area contributed by atoms with Gasteiger partial charge >= 0.3 is 0 Å². The number of nitrogens with one attached hydrogen (secondary N) is 1. The molecule has 3 N–H and O–H groups in total. The summed E-state index contributed by atoms with van der Waals surface area (Å²) < 4.78 is 7.37. The normalized spacial score (nSPS) is 10.1. The predicted octanol–water partition coefficient (Wildman–Crippen LogP) is 1.38. The Bertz CT molecular complexity index is 468. The Kier molecular flexibility index (Phi) is 3.02. The van der Waals surface area contributed by atoms with Crippen LogP contribution in [-0.2, 0) is 6.54 Å². The highest BCUT2D eigenvalue weighted by Gasteiger charge is 2.01. The van der Waals surface area contributed by atoms with Gasteiger partial charge in [0.05, 0.1) is 12.4 Å². The smallest absolute Gasteiger partial charge is 0.165 e. The average molecular weight is 219 g/mol. The molecule has 2 aromatic rings. The molecule has 0 saturated carbocycles. The lowest BCUT2D eigenvalue weighted by Crippen LogP contribution is -2.07. The van der Waals surface area contributed by atoms with Crippen molar-refractivity contribution in [1.82, 2.24) is 14.8 Å². The molecule has 0 atom stereocenters. The van der Waals surface area contributed by atoms with E-state index in [-0.39, 0.29) is 0 Å². The second kappa shape index (κ2) is 4.63. The molecular formula is C10H13N5O. The number of nitrogens with zero attached hydrogens (tertiary/aromatic N) is 3. The van der Waals surface area contributed by atoms with Gasteiger partial charge in [0.2, 0.25) is 0 Å². The van der Waals surface area contributed by atoms with E-state index in [1.165, 1.54) is 0 Å². The number of ether oxygens (including phenoxy) is 1. The molecule has 0 spiro atoms. The lowest BCUT2D eigenvalue weighted by molar-refractivity contribution is 0.481. The number of hydrogen-bond acceptors (Lipinski definition) is 5. The van der Waals surface area contributed by atoms with E-state index in [0.717, 1.165) is 6.54 Å². The molecule has 0 aliphatic heterocycles. The van der Waals surface area contributed by atoms with Crippen molar-refractivity contribution in [2.45, 2.75) is 13.5 Å². The first-order valence-electron chi connectivity index (χ1n) is 4.95. The van der Waals surface area contributed by atoms with Gasteiger partial charge in [0.1, 0.15) is 11.6 Å². The Hall–Kier alpha value is -2.08. The summed E-state index contributed by atoms with van der Waals surface area (Å²) in [6.07, 6.45) is 5.12. The third-order valence-electron chi connectivity index (χ3n) is 2.05. The number of nitrogen functional groups attached to an aromatic ring is 1. The van der Waals surface area contributed by atoms with Crippen LogP contribution in [0.4, 0.5) is 5.82 Å². The Morgan fingerprint density at radius 2 is 2.38 bits per heavy atom. The topological polar surface area (TPSA) is 78.0 Å². The molecule has 0 saturated heterocycles. The SMILES string of the molecule is CCn1cc(Oc2ccnc(NN)c2)cn1. The molecule has 0 radical (unpaired) electrons. The van der Waals surface area contributed by atoms with E-state index >= 15 is 0 Å². The monoisotopic (exact) mass is 219 g/mol. The maximum Gasteiger partial charge on any atom is 0.165 e. The molecule has 0 bridgehead atoms. The van der Waals surface area contributed by atoms with Gasteiger partial charge in [0, 0.05) is 18.8 Å². The van der Waals surface area contributed by atoms with Crippen molar-refractivity contribution < 1.29 is 4.74 Å². The van der Waals surface area contributed by atoms with Gasteiger partial charge in [-0.05, 0) is 13.0 Å². The zero-order chi connectivity index (χ0) is 11.4. The molecule has 0 aliphatic rings. The number of rotatable bonds is 4. The highest BCUT2D eigenvalue weighted by molar-refractivity contribution is 5.40. The standard InChI is InChI=1S/C10H13N5O/c1-2-15-7-9(6-13-15)16-8-3-4-12-10(5-8)14-11/h3-7H,2,11H2,1H3,(H,12,14). The number of hydrazine groups is 1. The van der Waals surface area contributed by atoms with E-state index in [1.54, 1.807) is 29.2 Å². The van der Waals surface area contributed by atoms with Crippen LogP contribution in [0.3, 0.4) is 0 Å². The third-order valence-corrected chi connectivity index (χ3v) is 2.05. The summed E-state index contributed by atoms with van der Waals surface area (Å²) in [7, 11) is 0. The van der Waals surface area contributed by atoms with Crippen LogP contribution in [0.1, 0.15) is 6.92 Å². The molecule has 0 unspecified atom stereocenters. The molecule has 84 valence electrons. The van der Waals surface area contributed by atoms with Crippen LogP contribution in [-0.4, -0.2) is 14.8 Å². The van der Waals surface area contributed by atoms with Crippen molar-refractivity contribution in [3.8, 4) is 11.5 Å². The highest BCUT2D eigenvalue weighted by Crippen LogP contribution is 2.21. The summed E-state index contributed by atoms with van der Waals surface area (Å²) in [6, 6.07) is 3.47. The summed E-state index contributed by atoms with van der Waals surface area (Å²) in [5, 5.41) is 4.11. The van der Waals surface area contributed by atoms with Gasteiger partial charge in [-0.1, -0.05) is 0 Å². The van der Waals surface area contributed by atoms with E-state index in [0.29, 0.717) is 17.3 Å². The summed E-state index contributed by atoms with van der Waals surface area (Å²) in [5.41, 5.74) is 2.46. The van der Waals surface area contributed by atoms with Crippen molar-refractivity contribution in [1.29, 1.82) is 0 Å². The Balaban J connectivity index is 2.13. The number of aryl methyl sites for hydroxylation is 1. The first-order valence-corrected chi connectivity index (χ1v) is 4.95. The fourth-order valence-electron chi connectivity index (χ4n) is 1.26. The first kappa shape index (κ1) is 10.4. The number of pyridine rings is 1. The molecule has 0 amide bonds. The Morgan fingerprint density at radius 3 is 3.06 bits per heavy atom. The van der Waals surface area contributed by atoms with Gasteiger partial charge in [-0.15, -0.1) is 0 Å². The van der Waals surface area contributed by atoms with Crippen LogP contribution in [0.5, 0.6) is 11.5 Å². The van der Waals surface area contributed by atoms with Gasteiger partial charge in [-0.2, -0.15) is 5.10 Å². The van der Waals surface area contributed by atoms with Crippen LogP contribution < -0.4 is 16.0 Å². The number of anilines is 1. The van der Waals surface area contributed by atoms with Crippen LogP contribution in [0.25, 0.3) is 0 Å². The van der Waals surface area contributed by atoms with E-state index < -0.39 is 0 Å². The fourth-order valence-corrected chi connectivity index (χ4v) is 1.26. The number of aromatic nitrogens is 3. The van der Waals surface area contributed by atoms with Crippen molar-refractivity contribution >= 4 is 5.82 Å².